The number of hydrogen-bond donors (Lipinski definition) is 0. The molecule has 0 saturated heterocycles. The molecule has 0 fully saturated rings. The van der Waals surface area contributed by atoms with Crippen LogP contribution in [0.4, 0.5) is 0 Å². The lowest BCUT2D eigenvalue weighted by Crippen LogP contribution is -2.00. The van der Waals surface area contributed by atoms with Crippen molar-refractivity contribution >= 4 is 75.0 Å². The van der Waals surface area contributed by atoms with Crippen molar-refractivity contribution in [1.29, 1.82) is 0 Å². The van der Waals surface area contributed by atoms with Crippen LogP contribution in [0.5, 0.6) is 0 Å². The molecule has 0 radical (unpaired) electrons. The maximum atomic E-state index is 6.47. The SMILES string of the molecule is c1ccc(-c2nc(-c3ccc4c(c3)sc3ccccc34)nc(-c3cccc4oc5cc6ccc7ccccc7c6cc5c34)n2)cc1. The number of benzene rings is 7. The zero-order chi connectivity index (χ0) is 30.2. The van der Waals surface area contributed by atoms with Crippen LogP contribution in [0.25, 0.3) is 97.8 Å². The molecule has 0 N–H and O–H groups in total. The van der Waals surface area contributed by atoms with E-state index >= 15 is 0 Å². The fourth-order valence-corrected chi connectivity index (χ4v) is 7.86. The standard InChI is InChI=1S/C41H23N3OS/c1-2-10-25(11-3-1)39-42-40(27-19-20-30-29-13-6-7-16-36(29)46-37(30)22-27)44-41(43-39)31-14-8-15-34-38(31)33-23-32-26(21-35(33)45-34)18-17-24-9-4-5-12-28(24)32/h1-23H. The molecular weight excluding hydrogens is 583 g/mol. The molecule has 4 nitrogen and oxygen atoms in total. The summed E-state index contributed by atoms with van der Waals surface area (Å²) in [5.41, 5.74) is 4.47. The van der Waals surface area contributed by atoms with Gasteiger partial charge in [-0.1, -0.05) is 109 Å². The van der Waals surface area contributed by atoms with Gasteiger partial charge in [0.15, 0.2) is 17.5 Å². The van der Waals surface area contributed by atoms with Gasteiger partial charge in [-0.05, 0) is 51.9 Å². The monoisotopic (exact) mass is 605 g/mol. The van der Waals surface area contributed by atoms with Crippen molar-refractivity contribution in [1.82, 2.24) is 15.0 Å². The van der Waals surface area contributed by atoms with Crippen LogP contribution in [0.3, 0.4) is 0 Å². The lowest BCUT2D eigenvalue weighted by molar-refractivity contribution is 0.669. The molecule has 0 unspecified atom stereocenters. The van der Waals surface area contributed by atoms with E-state index in [0.29, 0.717) is 17.5 Å². The van der Waals surface area contributed by atoms with E-state index in [1.165, 1.54) is 36.3 Å². The molecule has 0 amide bonds. The van der Waals surface area contributed by atoms with Crippen molar-refractivity contribution in [3.05, 3.63) is 140 Å². The summed E-state index contributed by atoms with van der Waals surface area (Å²) in [5.74, 6) is 1.90. The number of thiophene rings is 1. The Kier molecular flexibility index (Phi) is 5.41. The van der Waals surface area contributed by atoms with E-state index in [9.17, 15) is 0 Å². The van der Waals surface area contributed by atoms with Gasteiger partial charge in [-0.15, -0.1) is 11.3 Å². The van der Waals surface area contributed by atoms with E-state index in [2.05, 4.69) is 97.1 Å². The number of hydrogen-bond acceptors (Lipinski definition) is 5. The van der Waals surface area contributed by atoms with Gasteiger partial charge < -0.3 is 4.42 Å². The number of nitrogens with zero attached hydrogens (tertiary/aromatic N) is 3. The second-order valence-corrected chi connectivity index (χ2v) is 12.7. The van der Waals surface area contributed by atoms with E-state index in [-0.39, 0.29) is 0 Å². The molecule has 5 heteroatoms. The normalized spacial score (nSPS) is 11.9. The zero-order valence-corrected chi connectivity index (χ0v) is 25.3. The van der Waals surface area contributed by atoms with Crippen LogP contribution in [0.15, 0.2) is 144 Å². The van der Waals surface area contributed by atoms with E-state index < -0.39 is 0 Å². The summed E-state index contributed by atoms with van der Waals surface area (Å²) in [6, 6.07) is 48.6. The summed E-state index contributed by atoms with van der Waals surface area (Å²) in [7, 11) is 0. The highest BCUT2D eigenvalue weighted by molar-refractivity contribution is 7.25. The fraction of sp³-hybridized carbons (Fsp3) is 0. The summed E-state index contributed by atoms with van der Waals surface area (Å²) in [6.07, 6.45) is 0. The van der Waals surface area contributed by atoms with Gasteiger partial charge >= 0.3 is 0 Å². The van der Waals surface area contributed by atoms with E-state index in [0.717, 1.165) is 44.0 Å². The van der Waals surface area contributed by atoms with Crippen LogP contribution in [0, 0.1) is 0 Å². The summed E-state index contributed by atoms with van der Waals surface area (Å²) in [6.45, 7) is 0. The Labute approximate surface area is 267 Å². The molecule has 0 aliphatic carbocycles. The van der Waals surface area contributed by atoms with Crippen molar-refractivity contribution in [3.8, 4) is 34.2 Å². The number of furan rings is 1. The number of fused-ring (bicyclic) bond motifs is 9. The molecule has 0 aliphatic rings. The Morgan fingerprint density at radius 3 is 2.07 bits per heavy atom. The Bertz CT molecular complexity index is 2820. The molecule has 0 atom stereocenters. The quantitative estimate of drug-likeness (QED) is 0.188. The van der Waals surface area contributed by atoms with Crippen molar-refractivity contribution in [3.63, 3.8) is 0 Å². The predicted octanol–water partition coefficient (Wildman–Crippen LogP) is 11.4. The molecule has 0 aliphatic heterocycles. The molecule has 3 aromatic heterocycles. The minimum atomic E-state index is 0.617. The minimum absolute atomic E-state index is 0.617. The van der Waals surface area contributed by atoms with Crippen LogP contribution < -0.4 is 0 Å². The van der Waals surface area contributed by atoms with Crippen LogP contribution in [0.1, 0.15) is 0 Å². The molecular formula is C41H23N3OS. The predicted molar refractivity (Wildman–Crippen MR) is 191 cm³/mol. The smallest absolute Gasteiger partial charge is 0.164 e. The zero-order valence-electron chi connectivity index (χ0n) is 24.4. The molecule has 46 heavy (non-hydrogen) atoms. The van der Waals surface area contributed by atoms with Gasteiger partial charge in [-0.3, -0.25) is 0 Å². The molecule has 0 saturated carbocycles. The Balaban J connectivity index is 1.23. The lowest BCUT2D eigenvalue weighted by atomic mass is 9.98. The van der Waals surface area contributed by atoms with Gasteiger partial charge in [0.05, 0.1) is 0 Å². The third-order valence-corrected chi connectivity index (χ3v) is 10.0. The third-order valence-electron chi connectivity index (χ3n) is 8.91. The average molecular weight is 606 g/mol. The lowest BCUT2D eigenvalue weighted by Gasteiger charge is -2.09. The van der Waals surface area contributed by atoms with Gasteiger partial charge in [0.2, 0.25) is 0 Å². The maximum absolute atomic E-state index is 6.47. The van der Waals surface area contributed by atoms with E-state index in [1.54, 1.807) is 11.3 Å². The van der Waals surface area contributed by atoms with Gasteiger partial charge in [0.1, 0.15) is 11.2 Å². The van der Waals surface area contributed by atoms with Crippen LogP contribution >= 0.6 is 11.3 Å². The first kappa shape index (κ1) is 25.4. The first-order valence-electron chi connectivity index (χ1n) is 15.3. The van der Waals surface area contributed by atoms with Gasteiger partial charge in [0.25, 0.3) is 0 Å². The van der Waals surface area contributed by atoms with Gasteiger partial charge in [-0.2, -0.15) is 0 Å². The highest BCUT2D eigenvalue weighted by atomic mass is 32.1. The van der Waals surface area contributed by atoms with Gasteiger partial charge in [0, 0.05) is 47.6 Å². The van der Waals surface area contributed by atoms with Crippen molar-refractivity contribution < 1.29 is 4.42 Å². The highest BCUT2D eigenvalue weighted by Gasteiger charge is 2.19. The van der Waals surface area contributed by atoms with Crippen molar-refractivity contribution in [2.75, 3.05) is 0 Å². The second kappa shape index (κ2) is 9.80. The highest BCUT2D eigenvalue weighted by Crippen LogP contribution is 2.40. The molecule has 0 spiro atoms. The van der Waals surface area contributed by atoms with Crippen LogP contribution in [-0.4, -0.2) is 15.0 Å². The van der Waals surface area contributed by atoms with Crippen LogP contribution in [0.2, 0.25) is 0 Å². The molecule has 214 valence electrons. The summed E-state index contributed by atoms with van der Waals surface area (Å²) in [5, 5.41) is 9.35. The summed E-state index contributed by atoms with van der Waals surface area (Å²) < 4.78 is 8.96. The Hall–Kier alpha value is -5.91. The number of rotatable bonds is 3. The molecule has 0 bridgehead atoms. The van der Waals surface area contributed by atoms with Crippen molar-refractivity contribution in [2.45, 2.75) is 0 Å². The Morgan fingerprint density at radius 2 is 1.15 bits per heavy atom. The second-order valence-electron chi connectivity index (χ2n) is 11.6. The third kappa shape index (κ3) is 3.89. The molecule has 10 aromatic rings. The van der Waals surface area contributed by atoms with Crippen molar-refractivity contribution in [2.24, 2.45) is 0 Å². The van der Waals surface area contributed by atoms with E-state index in [1.807, 2.05) is 42.5 Å². The number of aromatic nitrogens is 3. The largest absolute Gasteiger partial charge is 0.456 e. The van der Waals surface area contributed by atoms with E-state index in [4.69, 9.17) is 19.4 Å². The topological polar surface area (TPSA) is 51.8 Å². The molecule has 7 aromatic carbocycles. The summed E-state index contributed by atoms with van der Waals surface area (Å²) in [4.78, 5) is 15.3. The van der Waals surface area contributed by atoms with Gasteiger partial charge in [-0.25, -0.2) is 15.0 Å². The van der Waals surface area contributed by atoms with Crippen LogP contribution in [-0.2, 0) is 0 Å². The average Bonchev–Trinajstić information content (AvgIpc) is 3.68. The first-order chi connectivity index (χ1) is 22.8. The fourth-order valence-electron chi connectivity index (χ4n) is 6.72. The molecule has 3 heterocycles. The minimum Gasteiger partial charge on any atom is -0.456 e. The molecule has 10 rings (SSSR count). The first-order valence-corrected chi connectivity index (χ1v) is 16.1. The Morgan fingerprint density at radius 1 is 0.413 bits per heavy atom. The maximum Gasteiger partial charge on any atom is 0.164 e. The summed E-state index contributed by atoms with van der Waals surface area (Å²) >= 11 is 1.79.